The molecule has 1 rings (SSSR count). The van der Waals surface area contributed by atoms with Crippen molar-refractivity contribution in [3.05, 3.63) is 35.9 Å². The second kappa shape index (κ2) is 9.68. The number of carbonyl (C=O) groups is 2. The molecule has 7 nitrogen and oxygen atoms in total. The van der Waals surface area contributed by atoms with Crippen LogP contribution in [0, 0.1) is 0 Å². The number of primary amides is 1. The van der Waals surface area contributed by atoms with Crippen molar-refractivity contribution >= 4 is 21.7 Å². The van der Waals surface area contributed by atoms with Crippen LogP contribution in [-0.4, -0.2) is 36.8 Å². The van der Waals surface area contributed by atoms with Crippen molar-refractivity contribution in [3.63, 3.8) is 0 Å². The topological polar surface area (TPSA) is 130 Å². The molecule has 0 aliphatic rings. The Bertz CT molecular complexity index is 700. The average molecular weight is 384 g/mol. The molecule has 8 heteroatoms. The van der Waals surface area contributed by atoms with Gasteiger partial charge in [-0.1, -0.05) is 57.0 Å². The molecule has 1 aromatic carbocycles. The summed E-state index contributed by atoms with van der Waals surface area (Å²) in [7, 11) is -3.80. The van der Waals surface area contributed by atoms with Gasteiger partial charge in [0, 0.05) is 0 Å². The predicted molar refractivity (Wildman–Crippen MR) is 99.7 cm³/mol. The highest BCUT2D eigenvalue weighted by Crippen LogP contribution is 2.20. The SMILES string of the molecule is CCCC(CCC)S(=O)(=O)CC(N)(C(N)=O)C(=O)OCc1ccccc1. The van der Waals surface area contributed by atoms with Gasteiger partial charge in [0.15, 0.2) is 9.84 Å². The number of hydrogen-bond donors (Lipinski definition) is 2. The molecule has 1 amide bonds. The molecule has 0 aliphatic heterocycles. The highest BCUT2D eigenvalue weighted by atomic mass is 32.2. The van der Waals surface area contributed by atoms with Gasteiger partial charge in [0.2, 0.25) is 11.4 Å². The lowest BCUT2D eigenvalue weighted by molar-refractivity contribution is -0.153. The zero-order valence-corrected chi connectivity index (χ0v) is 16.1. The smallest absolute Gasteiger partial charge is 0.337 e. The van der Waals surface area contributed by atoms with E-state index in [9.17, 15) is 18.0 Å². The normalized spacial score (nSPS) is 14.0. The summed E-state index contributed by atoms with van der Waals surface area (Å²) in [5.74, 6) is -3.21. The fraction of sp³-hybridized carbons (Fsp3) is 0.556. The van der Waals surface area contributed by atoms with E-state index in [0.717, 1.165) is 0 Å². The molecule has 0 spiro atoms. The second-order valence-electron chi connectivity index (χ2n) is 6.40. The van der Waals surface area contributed by atoms with Crippen LogP contribution in [0.2, 0.25) is 0 Å². The second-order valence-corrected chi connectivity index (χ2v) is 8.68. The quantitative estimate of drug-likeness (QED) is 0.437. The van der Waals surface area contributed by atoms with Gasteiger partial charge in [0.05, 0.1) is 11.0 Å². The van der Waals surface area contributed by atoms with Crippen molar-refractivity contribution < 1.29 is 22.7 Å². The zero-order chi connectivity index (χ0) is 19.8. The molecule has 1 unspecified atom stereocenters. The molecule has 0 radical (unpaired) electrons. The van der Waals surface area contributed by atoms with Gasteiger partial charge in [-0.05, 0) is 18.4 Å². The van der Waals surface area contributed by atoms with Crippen molar-refractivity contribution in [1.82, 2.24) is 0 Å². The van der Waals surface area contributed by atoms with Gasteiger partial charge < -0.3 is 16.2 Å². The number of hydrogen-bond acceptors (Lipinski definition) is 6. The largest absolute Gasteiger partial charge is 0.459 e. The first-order valence-corrected chi connectivity index (χ1v) is 10.4. The molecular formula is C18H28N2O5S. The number of benzene rings is 1. The van der Waals surface area contributed by atoms with Gasteiger partial charge in [-0.25, -0.2) is 13.2 Å². The summed E-state index contributed by atoms with van der Waals surface area (Å²) >= 11 is 0. The van der Waals surface area contributed by atoms with Gasteiger partial charge >= 0.3 is 5.97 Å². The van der Waals surface area contributed by atoms with E-state index in [2.05, 4.69) is 0 Å². The fourth-order valence-corrected chi connectivity index (χ4v) is 4.99. The van der Waals surface area contributed by atoms with Crippen LogP contribution in [0.15, 0.2) is 30.3 Å². The van der Waals surface area contributed by atoms with Crippen LogP contribution in [0.1, 0.15) is 45.1 Å². The van der Waals surface area contributed by atoms with Crippen LogP contribution in [0.5, 0.6) is 0 Å². The molecule has 0 bridgehead atoms. The minimum absolute atomic E-state index is 0.126. The first-order valence-electron chi connectivity index (χ1n) is 8.68. The molecule has 0 saturated heterocycles. The first-order chi connectivity index (χ1) is 12.2. The van der Waals surface area contributed by atoms with Gasteiger partial charge in [-0.2, -0.15) is 0 Å². The maximum atomic E-state index is 12.7. The summed E-state index contributed by atoms with van der Waals surface area (Å²) in [6, 6.07) is 8.78. The lowest BCUT2D eigenvalue weighted by Gasteiger charge is -2.26. The van der Waals surface area contributed by atoms with Crippen molar-refractivity contribution in [2.75, 3.05) is 5.75 Å². The number of rotatable bonds is 11. The summed E-state index contributed by atoms with van der Waals surface area (Å²) in [4.78, 5) is 24.2. The van der Waals surface area contributed by atoms with Crippen LogP contribution in [0.3, 0.4) is 0 Å². The lowest BCUT2D eigenvalue weighted by atomic mass is 10.0. The van der Waals surface area contributed by atoms with E-state index in [-0.39, 0.29) is 6.61 Å². The number of carbonyl (C=O) groups excluding carboxylic acids is 2. The van der Waals surface area contributed by atoms with Crippen LogP contribution < -0.4 is 11.5 Å². The Labute approximate surface area is 155 Å². The molecule has 0 aromatic heterocycles. The van der Waals surface area contributed by atoms with E-state index < -0.39 is 38.3 Å². The molecule has 0 saturated carbocycles. The maximum Gasteiger partial charge on any atom is 0.337 e. The molecule has 4 N–H and O–H groups in total. The van der Waals surface area contributed by atoms with Crippen LogP contribution >= 0.6 is 0 Å². The van der Waals surface area contributed by atoms with E-state index in [4.69, 9.17) is 16.2 Å². The van der Waals surface area contributed by atoms with Gasteiger partial charge in [0.25, 0.3) is 0 Å². The van der Waals surface area contributed by atoms with E-state index in [1.54, 1.807) is 30.3 Å². The van der Waals surface area contributed by atoms with Crippen LogP contribution in [0.25, 0.3) is 0 Å². The molecule has 26 heavy (non-hydrogen) atoms. The van der Waals surface area contributed by atoms with E-state index >= 15 is 0 Å². The molecule has 1 atom stereocenters. The Hall–Kier alpha value is -1.93. The Morgan fingerprint density at radius 2 is 1.65 bits per heavy atom. The van der Waals surface area contributed by atoms with Crippen LogP contribution in [-0.2, 0) is 30.8 Å². The Balaban J connectivity index is 2.96. The lowest BCUT2D eigenvalue weighted by Crippen LogP contribution is -2.63. The van der Waals surface area contributed by atoms with E-state index in [1.165, 1.54) is 0 Å². The average Bonchev–Trinajstić information content (AvgIpc) is 2.59. The molecule has 0 heterocycles. The number of nitrogens with two attached hydrogens (primary N) is 2. The summed E-state index contributed by atoms with van der Waals surface area (Å²) < 4.78 is 30.5. The Morgan fingerprint density at radius 3 is 2.12 bits per heavy atom. The van der Waals surface area contributed by atoms with Crippen molar-refractivity contribution in [2.24, 2.45) is 11.5 Å². The van der Waals surface area contributed by atoms with Crippen molar-refractivity contribution in [3.8, 4) is 0 Å². The molecule has 0 aliphatic carbocycles. The standard InChI is InChI=1S/C18H28N2O5S/c1-3-8-15(9-4-2)26(23,24)13-18(20,16(19)21)17(22)25-12-14-10-6-5-7-11-14/h5-7,10-11,15H,3-4,8-9,12-13,20H2,1-2H3,(H2,19,21). The summed E-state index contributed by atoms with van der Waals surface area (Å²) in [6.07, 6.45) is 2.20. The molecule has 1 aromatic rings. The minimum atomic E-state index is -3.80. The first kappa shape index (κ1) is 22.1. The fourth-order valence-electron chi connectivity index (χ4n) is 2.67. The van der Waals surface area contributed by atoms with Crippen LogP contribution in [0.4, 0.5) is 0 Å². The molecule has 0 fully saturated rings. The van der Waals surface area contributed by atoms with E-state index in [0.29, 0.717) is 31.2 Å². The number of sulfone groups is 1. The number of amides is 1. The highest BCUT2D eigenvalue weighted by molar-refractivity contribution is 7.92. The monoisotopic (exact) mass is 384 g/mol. The van der Waals surface area contributed by atoms with E-state index in [1.807, 2.05) is 13.8 Å². The number of esters is 1. The summed E-state index contributed by atoms with van der Waals surface area (Å²) in [6.45, 7) is 3.62. The summed E-state index contributed by atoms with van der Waals surface area (Å²) in [5, 5.41) is -0.665. The maximum absolute atomic E-state index is 12.7. The Morgan fingerprint density at radius 1 is 1.12 bits per heavy atom. The number of ether oxygens (including phenoxy) is 1. The zero-order valence-electron chi connectivity index (χ0n) is 15.3. The van der Waals surface area contributed by atoms with Gasteiger partial charge in [-0.15, -0.1) is 0 Å². The summed E-state index contributed by atoms with van der Waals surface area (Å²) in [5.41, 5.74) is 9.38. The van der Waals surface area contributed by atoms with Gasteiger partial charge in [-0.3, -0.25) is 4.79 Å². The Kier molecular flexibility index (Phi) is 8.23. The third-order valence-corrected chi connectivity index (χ3v) is 6.52. The third-order valence-electron chi connectivity index (χ3n) is 4.17. The predicted octanol–water partition coefficient (Wildman–Crippen LogP) is 1.30. The third kappa shape index (κ3) is 5.81. The molecular weight excluding hydrogens is 356 g/mol. The van der Waals surface area contributed by atoms with Gasteiger partial charge in [0.1, 0.15) is 6.61 Å². The highest BCUT2D eigenvalue weighted by Gasteiger charge is 2.47. The van der Waals surface area contributed by atoms with Crippen molar-refractivity contribution in [2.45, 2.75) is 56.9 Å². The minimum Gasteiger partial charge on any atom is -0.459 e. The molecule has 146 valence electrons. The van der Waals surface area contributed by atoms with Crippen molar-refractivity contribution in [1.29, 1.82) is 0 Å².